The molecule has 33 heavy (non-hydrogen) atoms. The fourth-order valence-corrected chi connectivity index (χ4v) is 5.18. The van der Waals surface area contributed by atoms with Gasteiger partial charge in [-0.1, -0.05) is 49.2 Å². The fraction of sp³-hybridized carbons (Fsp3) is 0.346. The van der Waals surface area contributed by atoms with E-state index in [0.29, 0.717) is 51.1 Å². The molecule has 1 atom stereocenters. The maximum Gasteiger partial charge on any atom is 0.257 e. The maximum absolute atomic E-state index is 13.9. The van der Waals surface area contributed by atoms with Crippen LogP contribution in [0.3, 0.4) is 0 Å². The van der Waals surface area contributed by atoms with Crippen LogP contribution in [-0.2, 0) is 9.59 Å². The molecule has 2 aromatic rings. The molecule has 1 amide bonds. The lowest BCUT2D eigenvalue weighted by Crippen LogP contribution is -2.41. The molecule has 0 bridgehead atoms. The molecule has 2 heterocycles. The first kappa shape index (κ1) is 23.5. The van der Waals surface area contributed by atoms with E-state index in [9.17, 15) is 9.59 Å². The largest absolute Gasteiger partial charge is 0.362 e. The van der Waals surface area contributed by atoms with Gasteiger partial charge in [-0.15, -0.1) is 0 Å². The molecule has 0 fully saturated rings. The van der Waals surface area contributed by atoms with Crippen LogP contribution in [0.15, 0.2) is 59.1 Å². The van der Waals surface area contributed by atoms with Crippen LogP contribution >= 0.6 is 23.2 Å². The Hall–Kier alpha value is -2.63. The number of likely N-dealkylation sites (N-methyl/N-ethyl adjacent to an activating group) is 1. The number of pyridine rings is 1. The summed E-state index contributed by atoms with van der Waals surface area (Å²) in [5.74, 6) is -0.310. The van der Waals surface area contributed by atoms with Crippen molar-refractivity contribution in [2.75, 3.05) is 11.9 Å². The van der Waals surface area contributed by atoms with Gasteiger partial charge in [0.15, 0.2) is 5.78 Å². The van der Waals surface area contributed by atoms with E-state index in [1.807, 2.05) is 32.0 Å². The number of Topliss-reactive ketones (excluding diaryl/α,β-unsaturated/α-hetero) is 1. The van der Waals surface area contributed by atoms with E-state index in [2.05, 4.69) is 24.1 Å². The monoisotopic (exact) mass is 483 g/mol. The average molecular weight is 484 g/mol. The number of dihydropyridines is 1. The highest BCUT2D eigenvalue weighted by Crippen LogP contribution is 2.49. The van der Waals surface area contributed by atoms with Gasteiger partial charge in [-0.25, -0.2) is 4.98 Å². The van der Waals surface area contributed by atoms with Crippen molar-refractivity contribution >= 4 is 40.7 Å². The zero-order chi connectivity index (χ0) is 24.1. The van der Waals surface area contributed by atoms with E-state index >= 15 is 0 Å². The minimum absolute atomic E-state index is 0.0175. The molecular formula is C26H27Cl2N3O2. The molecule has 1 N–H and O–H groups in total. The molecule has 1 aliphatic carbocycles. The molecule has 172 valence electrons. The molecule has 1 unspecified atom stereocenters. The predicted octanol–water partition coefficient (Wildman–Crippen LogP) is 5.96. The second-order valence-electron chi connectivity index (χ2n) is 9.63. The molecule has 1 aliphatic heterocycles. The van der Waals surface area contributed by atoms with Crippen molar-refractivity contribution in [3.63, 3.8) is 0 Å². The van der Waals surface area contributed by atoms with Crippen molar-refractivity contribution in [2.24, 2.45) is 5.41 Å². The number of halogens is 2. The highest BCUT2D eigenvalue weighted by atomic mass is 35.5. The summed E-state index contributed by atoms with van der Waals surface area (Å²) in [6.45, 7) is 7.97. The molecule has 0 spiro atoms. The minimum Gasteiger partial charge on any atom is -0.362 e. The van der Waals surface area contributed by atoms with Crippen LogP contribution in [0.1, 0.15) is 50.7 Å². The lowest BCUT2D eigenvalue weighted by Gasteiger charge is -2.40. The van der Waals surface area contributed by atoms with Gasteiger partial charge in [0.05, 0.1) is 10.0 Å². The van der Waals surface area contributed by atoms with Crippen LogP contribution in [0.4, 0.5) is 5.82 Å². The average Bonchev–Trinajstić information content (AvgIpc) is 2.73. The van der Waals surface area contributed by atoms with Gasteiger partial charge in [-0.2, -0.15) is 0 Å². The number of amides is 1. The van der Waals surface area contributed by atoms with E-state index in [-0.39, 0.29) is 17.1 Å². The molecule has 0 saturated heterocycles. The Balaban J connectivity index is 1.89. The van der Waals surface area contributed by atoms with E-state index in [1.165, 1.54) is 4.90 Å². The van der Waals surface area contributed by atoms with Gasteiger partial charge in [-0.05, 0) is 55.0 Å². The number of rotatable bonds is 3. The molecule has 7 heteroatoms. The van der Waals surface area contributed by atoms with Crippen LogP contribution in [0.25, 0.3) is 0 Å². The van der Waals surface area contributed by atoms with Gasteiger partial charge in [-0.3, -0.25) is 14.5 Å². The Morgan fingerprint density at radius 2 is 1.91 bits per heavy atom. The van der Waals surface area contributed by atoms with Crippen LogP contribution in [0.5, 0.6) is 0 Å². The van der Waals surface area contributed by atoms with Gasteiger partial charge >= 0.3 is 0 Å². The SMILES string of the molecule is CC1=C(C(=O)N(C)c2cc(C)ccn2)C(c2cccc(Cl)c2Cl)C2=C(CC(C)(C)CC2=O)N1. The standard InChI is InChI=1S/C26H27Cl2N3O2/c1-14-9-10-29-20(11-14)31(5)25(33)21-15(2)30-18-12-26(3,4)13-19(32)23(18)22(21)16-7-6-8-17(27)24(16)28/h6-11,22,30H,12-13H2,1-5H3. The molecule has 2 aliphatic rings. The summed E-state index contributed by atoms with van der Waals surface area (Å²) in [5.41, 5.74) is 4.09. The number of nitrogens with zero attached hydrogens (tertiary/aromatic N) is 2. The Bertz CT molecular complexity index is 1230. The smallest absolute Gasteiger partial charge is 0.257 e. The number of aryl methyl sites for hydroxylation is 1. The zero-order valence-electron chi connectivity index (χ0n) is 19.4. The number of aromatic nitrogens is 1. The van der Waals surface area contributed by atoms with Crippen LogP contribution < -0.4 is 10.2 Å². The van der Waals surface area contributed by atoms with Crippen molar-refractivity contribution in [1.29, 1.82) is 0 Å². The van der Waals surface area contributed by atoms with E-state index in [1.54, 1.807) is 25.4 Å². The molecule has 1 aromatic carbocycles. The number of carbonyl (C=O) groups is 2. The lowest BCUT2D eigenvalue weighted by atomic mass is 9.68. The minimum atomic E-state index is -0.615. The summed E-state index contributed by atoms with van der Waals surface area (Å²) in [4.78, 5) is 33.2. The van der Waals surface area contributed by atoms with E-state index in [4.69, 9.17) is 23.2 Å². The third-order valence-corrected chi connectivity index (χ3v) is 7.15. The third-order valence-electron chi connectivity index (χ3n) is 6.31. The number of ketones is 1. The maximum atomic E-state index is 13.9. The normalized spacial score (nSPS) is 19.8. The van der Waals surface area contributed by atoms with Crippen LogP contribution in [-0.4, -0.2) is 23.7 Å². The highest BCUT2D eigenvalue weighted by Gasteiger charge is 2.44. The number of benzene rings is 1. The summed E-state index contributed by atoms with van der Waals surface area (Å²) < 4.78 is 0. The number of carbonyl (C=O) groups excluding carboxylic acids is 2. The highest BCUT2D eigenvalue weighted by molar-refractivity contribution is 6.42. The number of anilines is 1. The molecule has 1 aromatic heterocycles. The van der Waals surface area contributed by atoms with Crippen LogP contribution in [0.2, 0.25) is 10.0 Å². The molecular weight excluding hydrogens is 457 g/mol. The van der Waals surface area contributed by atoms with Crippen molar-refractivity contribution < 1.29 is 9.59 Å². The second-order valence-corrected chi connectivity index (χ2v) is 10.4. The summed E-state index contributed by atoms with van der Waals surface area (Å²) >= 11 is 13.0. The fourth-order valence-electron chi connectivity index (χ4n) is 4.76. The van der Waals surface area contributed by atoms with Gasteiger partial charge < -0.3 is 5.32 Å². The van der Waals surface area contributed by atoms with Crippen molar-refractivity contribution in [2.45, 2.75) is 46.5 Å². The quantitative estimate of drug-likeness (QED) is 0.584. The zero-order valence-corrected chi connectivity index (χ0v) is 20.9. The second kappa shape index (κ2) is 8.62. The molecule has 0 saturated carbocycles. The van der Waals surface area contributed by atoms with Gasteiger partial charge in [0, 0.05) is 48.1 Å². The van der Waals surface area contributed by atoms with Crippen molar-refractivity contribution in [1.82, 2.24) is 10.3 Å². The first-order valence-corrected chi connectivity index (χ1v) is 11.6. The van der Waals surface area contributed by atoms with Crippen molar-refractivity contribution in [3.05, 3.63) is 80.2 Å². The summed E-state index contributed by atoms with van der Waals surface area (Å²) in [7, 11) is 1.69. The third kappa shape index (κ3) is 4.32. The first-order valence-electron chi connectivity index (χ1n) is 10.9. The number of nitrogens with one attached hydrogen (secondary N) is 1. The molecule has 0 radical (unpaired) electrons. The Morgan fingerprint density at radius 1 is 1.18 bits per heavy atom. The Morgan fingerprint density at radius 3 is 2.61 bits per heavy atom. The Kier molecular flexibility index (Phi) is 6.14. The lowest BCUT2D eigenvalue weighted by molar-refractivity contribution is -0.118. The predicted molar refractivity (Wildman–Crippen MR) is 132 cm³/mol. The number of hydrogen-bond acceptors (Lipinski definition) is 4. The van der Waals surface area contributed by atoms with Gasteiger partial charge in [0.1, 0.15) is 5.82 Å². The topological polar surface area (TPSA) is 62.3 Å². The molecule has 5 nitrogen and oxygen atoms in total. The van der Waals surface area contributed by atoms with Gasteiger partial charge in [0.2, 0.25) is 0 Å². The summed E-state index contributed by atoms with van der Waals surface area (Å²) in [6, 6.07) is 9.07. The number of hydrogen-bond donors (Lipinski definition) is 1. The first-order chi connectivity index (χ1) is 15.5. The molecule has 4 rings (SSSR count). The van der Waals surface area contributed by atoms with Gasteiger partial charge in [0.25, 0.3) is 5.91 Å². The van der Waals surface area contributed by atoms with Crippen LogP contribution in [0, 0.1) is 12.3 Å². The summed E-state index contributed by atoms with van der Waals surface area (Å²) in [5, 5.41) is 4.12. The van der Waals surface area contributed by atoms with E-state index < -0.39 is 5.92 Å². The van der Waals surface area contributed by atoms with E-state index in [0.717, 1.165) is 11.3 Å². The van der Waals surface area contributed by atoms with Crippen molar-refractivity contribution in [3.8, 4) is 0 Å². The summed E-state index contributed by atoms with van der Waals surface area (Å²) in [6.07, 6.45) is 2.78. The number of allylic oxidation sites excluding steroid dienone is 3. The Labute approximate surface area is 204 Å².